The fraction of sp³-hybridized carbons (Fsp3) is 0.143. The molecule has 1 radical (unpaired) electrons. The summed E-state index contributed by atoms with van der Waals surface area (Å²) in [7, 11) is 0. The van der Waals surface area contributed by atoms with Gasteiger partial charge in [0.2, 0.25) is 0 Å². The average Bonchev–Trinajstić information content (AvgIpc) is 1.91. The van der Waals surface area contributed by atoms with Crippen molar-refractivity contribution >= 4 is 11.8 Å². The van der Waals surface area contributed by atoms with E-state index in [0.717, 1.165) is 5.56 Å². The van der Waals surface area contributed by atoms with E-state index in [-0.39, 0.29) is 0 Å². The van der Waals surface area contributed by atoms with E-state index < -0.39 is 0 Å². The maximum absolute atomic E-state index is 5.16. The SMILES string of the molecule is Cl[N]Cc1ccccc1. The third-order valence-electron chi connectivity index (χ3n) is 1.09. The summed E-state index contributed by atoms with van der Waals surface area (Å²) in [6, 6.07) is 9.89. The third kappa shape index (κ3) is 2.04. The van der Waals surface area contributed by atoms with E-state index in [4.69, 9.17) is 11.8 Å². The molecule has 1 aromatic carbocycles. The molecule has 0 aromatic heterocycles. The number of hydrogen-bond acceptors (Lipinski definition) is 0. The summed E-state index contributed by atoms with van der Waals surface area (Å²) in [5.41, 5.74) is 1.15. The number of halogens is 1. The van der Waals surface area contributed by atoms with Gasteiger partial charge in [-0.2, -0.15) is 0 Å². The van der Waals surface area contributed by atoms with Crippen molar-refractivity contribution in [2.24, 2.45) is 0 Å². The maximum atomic E-state index is 5.16. The van der Waals surface area contributed by atoms with Crippen LogP contribution in [0.4, 0.5) is 0 Å². The standard InChI is InChI=1S/C7H7ClN/c8-9-6-7-4-2-1-3-5-7/h1-5H,6H2. The molecule has 0 atom stereocenters. The van der Waals surface area contributed by atoms with Crippen molar-refractivity contribution in [2.75, 3.05) is 0 Å². The molecular weight excluding hydrogens is 134 g/mol. The summed E-state index contributed by atoms with van der Waals surface area (Å²) in [6.45, 7) is 0.600. The second-order valence-electron chi connectivity index (χ2n) is 1.76. The minimum absolute atomic E-state index is 0.600. The van der Waals surface area contributed by atoms with Gasteiger partial charge in [-0.1, -0.05) is 30.3 Å². The van der Waals surface area contributed by atoms with Gasteiger partial charge < -0.3 is 0 Å². The first-order valence-corrected chi connectivity index (χ1v) is 3.09. The summed E-state index contributed by atoms with van der Waals surface area (Å²) < 4.78 is 0. The summed E-state index contributed by atoms with van der Waals surface area (Å²) in [5, 5.41) is 0. The van der Waals surface area contributed by atoms with Crippen molar-refractivity contribution in [1.29, 1.82) is 0 Å². The minimum atomic E-state index is 0.600. The van der Waals surface area contributed by atoms with Crippen molar-refractivity contribution in [3.63, 3.8) is 0 Å². The van der Waals surface area contributed by atoms with Gasteiger partial charge in [-0.05, 0) is 17.3 Å². The Hall–Kier alpha value is -0.530. The quantitative estimate of drug-likeness (QED) is 0.596. The van der Waals surface area contributed by atoms with E-state index in [1.165, 1.54) is 0 Å². The molecule has 0 saturated heterocycles. The second kappa shape index (κ2) is 3.49. The number of rotatable bonds is 2. The van der Waals surface area contributed by atoms with Gasteiger partial charge in [0.1, 0.15) is 0 Å². The molecule has 0 aliphatic rings. The van der Waals surface area contributed by atoms with Crippen LogP contribution in [-0.2, 0) is 6.54 Å². The zero-order valence-corrected chi connectivity index (χ0v) is 5.67. The van der Waals surface area contributed by atoms with Crippen LogP contribution in [-0.4, -0.2) is 0 Å². The van der Waals surface area contributed by atoms with Gasteiger partial charge in [0.05, 0.1) is 6.54 Å². The first kappa shape index (κ1) is 6.59. The topological polar surface area (TPSA) is 14.1 Å². The van der Waals surface area contributed by atoms with Crippen LogP contribution in [0.3, 0.4) is 0 Å². The van der Waals surface area contributed by atoms with Crippen LogP contribution >= 0.6 is 11.8 Å². The first-order chi connectivity index (χ1) is 4.43. The van der Waals surface area contributed by atoms with Gasteiger partial charge in [0.15, 0.2) is 0 Å². The van der Waals surface area contributed by atoms with Crippen molar-refractivity contribution in [2.45, 2.75) is 6.54 Å². The molecule has 0 saturated carbocycles. The highest BCUT2D eigenvalue weighted by Crippen LogP contribution is 1.97. The Morgan fingerprint density at radius 1 is 1.22 bits per heavy atom. The zero-order chi connectivity index (χ0) is 6.53. The molecule has 47 valence electrons. The van der Waals surface area contributed by atoms with Crippen LogP contribution in [0.25, 0.3) is 0 Å². The highest BCUT2D eigenvalue weighted by Gasteiger charge is 1.86. The molecular formula is C7H7ClN. The van der Waals surface area contributed by atoms with Gasteiger partial charge in [0.25, 0.3) is 0 Å². The Balaban J connectivity index is 2.61. The molecule has 0 spiro atoms. The molecule has 0 aliphatic carbocycles. The van der Waals surface area contributed by atoms with Gasteiger partial charge in [-0.25, -0.2) is 0 Å². The van der Waals surface area contributed by atoms with Crippen molar-refractivity contribution < 1.29 is 0 Å². The van der Waals surface area contributed by atoms with Gasteiger partial charge in [-0.15, -0.1) is 4.84 Å². The maximum Gasteiger partial charge on any atom is 0.0562 e. The molecule has 1 rings (SSSR count). The molecule has 0 heterocycles. The van der Waals surface area contributed by atoms with Crippen molar-refractivity contribution in [3.8, 4) is 0 Å². The lowest BCUT2D eigenvalue weighted by Crippen LogP contribution is -1.89. The summed E-state index contributed by atoms with van der Waals surface area (Å²) in [4.78, 5) is 3.48. The van der Waals surface area contributed by atoms with Crippen LogP contribution in [0.1, 0.15) is 5.56 Å². The Labute approximate surface area is 59.8 Å². The predicted octanol–water partition coefficient (Wildman–Crippen LogP) is 1.94. The van der Waals surface area contributed by atoms with E-state index in [1.807, 2.05) is 30.3 Å². The van der Waals surface area contributed by atoms with Crippen LogP contribution in [0.5, 0.6) is 0 Å². The highest BCUT2D eigenvalue weighted by atomic mass is 35.5. The lowest BCUT2D eigenvalue weighted by molar-refractivity contribution is 0.948. The normalized spacial score (nSPS) is 9.44. The number of nitrogens with zero attached hydrogens (tertiary/aromatic N) is 1. The van der Waals surface area contributed by atoms with Crippen LogP contribution in [0.15, 0.2) is 30.3 Å². The van der Waals surface area contributed by atoms with E-state index in [9.17, 15) is 0 Å². The fourth-order valence-electron chi connectivity index (χ4n) is 0.652. The van der Waals surface area contributed by atoms with E-state index >= 15 is 0 Å². The average molecular weight is 141 g/mol. The Bertz CT molecular complexity index is 162. The molecule has 0 bridgehead atoms. The lowest BCUT2D eigenvalue weighted by Gasteiger charge is -1.92. The first-order valence-electron chi connectivity index (χ1n) is 2.75. The monoisotopic (exact) mass is 140 g/mol. The predicted molar refractivity (Wildman–Crippen MR) is 38.1 cm³/mol. The van der Waals surface area contributed by atoms with Gasteiger partial charge in [-0.3, -0.25) is 0 Å². The molecule has 0 amide bonds. The number of hydrogen-bond donors (Lipinski definition) is 0. The van der Waals surface area contributed by atoms with Crippen molar-refractivity contribution in [1.82, 2.24) is 4.84 Å². The summed E-state index contributed by atoms with van der Waals surface area (Å²) in [5.74, 6) is 0. The molecule has 1 aromatic rings. The Morgan fingerprint density at radius 2 is 1.89 bits per heavy atom. The third-order valence-corrected chi connectivity index (χ3v) is 1.20. The van der Waals surface area contributed by atoms with Gasteiger partial charge in [0, 0.05) is 0 Å². The molecule has 0 aliphatic heterocycles. The number of benzene rings is 1. The molecule has 9 heavy (non-hydrogen) atoms. The minimum Gasteiger partial charge on any atom is -0.134 e. The van der Waals surface area contributed by atoms with Crippen LogP contribution in [0.2, 0.25) is 0 Å². The fourth-order valence-corrected chi connectivity index (χ4v) is 0.790. The Morgan fingerprint density at radius 3 is 2.44 bits per heavy atom. The zero-order valence-electron chi connectivity index (χ0n) is 4.92. The smallest absolute Gasteiger partial charge is 0.0562 e. The molecule has 0 unspecified atom stereocenters. The van der Waals surface area contributed by atoms with E-state index in [1.54, 1.807) is 0 Å². The van der Waals surface area contributed by atoms with E-state index in [2.05, 4.69) is 4.84 Å². The highest BCUT2D eigenvalue weighted by molar-refractivity contribution is 6.13. The summed E-state index contributed by atoms with van der Waals surface area (Å²) in [6.07, 6.45) is 0. The Kier molecular flexibility index (Phi) is 2.55. The van der Waals surface area contributed by atoms with E-state index in [0.29, 0.717) is 6.54 Å². The van der Waals surface area contributed by atoms with Crippen LogP contribution < -0.4 is 4.84 Å². The lowest BCUT2D eigenvalue weighted by atomic mass is 10.2. The molecule has 0 fully saturated rings. The molecule has 2 heteroatoms. The second-order valence-corrected chi connectivity index (χ2v) is 2.00. The van der Waals surface area contributed by atoms with Crippen molar-refractivity contribution in [3.05, 3.63) is 35.9 Å². The summed E-state index contributed by atoms with van der Waals surface area (Å²) >= 11 is 5.16. The largest absolute Gasteiger partial charge is 0.134 e. The molecule has 1 nitrogen and oxygen atoms in total. The molecule has 0 N–H and O–H groups in total. The van der Waals surface area contributed by atoms with Gasteiger partial charge >= 0.3 is 0 Å². The van der Waals surface area contributed by atoms with Crippen LogP contribution in [0, 0.1) is 0 Å².